The second-order valence-corrected chi connectivity index (χ2v) is 16.0. The molecule has 0 aromatic heterocycles. The lowest BCUT2D eigenvalue weighted by Gasteiger charge is -2.59. The molecule has 61 heavy (non-hydrogen) atoms. The van der Waals surface area contributed by atoms with Gasteiger partial charge in [0, 0.05) is 36.7 Å². The van der Waals surface area contributed by atoms with Crippen LogP contribution in [0, 0.1) is 23.6 Å². The molecule has 1 heterocycles. The minimum Gasteiger partial charge on any atom is -0.489 e. The number of ether oxygens (including phenoxy) is 4. The SMILES string of the molecule is C=CCOC12Oc3ccc(OCc4ccccc4F)cc3C3C(CCCCO)C(CCCCO)C=C(C(=NOCC)CC1N(Cc1cccc4ccccc14)C(=O)OCC)C32. The van der Waals surface area contributed by atoms with Crippen LogP contribution in [0.4, 0.5) is 9.18 Å². The van der Waals surface area contributed by atoms with Crippen LogP contribution in [0.1, 0.15) is 81.4 Å². The zero-order valence-electron chi connectivity index (χ0n) is 35.3. The molecule has 4 aromatic rings. The topological polar surface area (TPSA) is 119 Å². The Balaban J connectivity index is 1.44. The van der Waals surface area contributed by atoms with E-state index in [1.165, 1.54) is 6.07 Å². The summed E-state index contributed by atoms with van der Waals surface area (Å²) < 4.78 is 41.4. The summed E-state index contributed by atoms with van der Waals surface area (Å²) in [5.74, 6) is -1.31. The largest absolute Gasteiger partial charge is 0.489 e. The number of aliphatic hydroxyl groups excluding tert-OH is 2. The van der Waals surface area contributed by atoms with Gasteiger partial charge >= 0.3 is 6.09 Å². The molecule has 4 aromatic carbocycles. The highest BCUT2D eigenvalue weighted by Gasteiger charge is 2.65. The molecule has 6 unspecified atom stereocenters. The first-order valence-electron chi connectivity index (χ1n) is 21.8. The van der Waals surface area contributed by atoms with Gasteiger partial charge in [-0.3, -0.25) is 4.90 Å². The number of nitrogens with zero attached hydrogens (tertiary/aromatic N) is 2. The maximum Gasteiger partial charge on any atom is 0.410 e. The van der Waals surface area contributed by atoms with Crippen molar-refractivity contribution in [2.45, 2.75) is 89.7 Å². The van der Waals surface area contributed by atoms with Crippen LogP contribution < -0.4 is 9.47 Å². The second kappa shape index (κ2) is 20.6. The fraction of sp³-hybridized carbons (Fsp3) is 0.440. The van der Waals surface area contributed by atoms with E-state index in [2.05, 4.69) is 30.9 Å². The fourth-order valence-electron chi connectivity index (χ4n) is 9.78. The second-order valence-electron chi connectivity index (χ2n) is 16.0. The normalized spacial score (nSPS) is 23.3. The van der Waals surface area contributed by atoms with Gasteiger partial charge in [-0.1, -0.05) is 90.8 Å². The zero-order valence-corrected chi connectivity index (χ0v) is 35.3. The summed E-state index contributed by atoms with van der Waals surface area (Å²) in [6.45, 7) is 8.78. The minimum absolute atomic E-state index is 0.0244. The van der Waals surface area contributed by atoms with Crippen molar-refractivity contribution < 1.29 is 43.2 Å². The van der Waals surface area contributed by atoms with Gasteiger partial charge in [0.05, 0.1) is 31.4 Å². The Morgan fingerprint density at radius 1 is 0.951 bits per heavy atom. The summed E-state index contributed by atoms with van der Waals surface area (Å²) in [6, 6.07) is 25.8. The van der Waals surface area contributed by atoms with E-state index in [1.54, 1.807) is 36.1 Å². The predicted molar refractivity (Wildman–Crippen MR) is 234 cm³/mol. The van der Waals surface area contributed by atoms with Gasteiger partial charge in [0.25, 0.3) is 0 Å². The molecule has 0 bridgehead atoms. The van der Waals surface area contributed by atoms with Crippen LogP contribution in [-0.4, -0.2) is 71.8 Å². The number of amides is 1. The molecular weight excluding hydrogens is 776 g/mol. The van der Waals surface area contributed by atoms with Crippen LogP contribution in [0.25, 0.3) is 10.8 Å². The molecule has 10 nitrogen and oxygen atoms in total. The number of carbonyl (C=O) groups excluding carboxylic acids is 1. The molecule has 1 amide bonds. The maximum absolute atomic E-state index is 14.8. The Labute approximate surface area is 358 Å². The monoisotopic (exact) mass is 834 g/mol. The van der Waals surface area contributed by atoms with E-state index in [0.717, 1.165) is 53.2 Å². The van der Waals surface area contributed by atoms with Gasteiger partial charge < -0.3 is 34.0 Å². The summed E-state index contributed by atoms with van der Waals surface area (Å²) >= 11 is 0. The van der Waals surface area contributed by atoms with Gasteiger partial charge in [0.15, 0.2) is 0 Å². The van der Waals surface area contributed by atoms with Crippen molar-refractivity contribution in [3.63, 3.8) is 0 Å². The van der Waals surface area contributed by atoms with Crippen LogP contribution in [0.5, 0.6) is 11.5 Å². The van der Waals surface area contributed by atoms with Gasteiger partial charge in [-0.15, -0.1) is 6.58 Å². The first kappa shape index (κ1) is 43.8. The molecular formula is C50H59FN2O8. The molecule has 11 heteroatoms. The average Bonchev–Trinajstić information content (AvgIpc) is 3.28. The van der Waals surface area contributed by atoms with Crippen molar-refractivity contribution in [3.05, 3.63) is 132 Å². The van der Waals surface area contributed by atoms with Gasteiger partial charge in [-0.2, -0.15) is 0 Å². The molecule has 324 valence electrons. The van der Waals surface area contributed by atoms with Gasteiger partial charge in [0.2, 0.25) is 5.79 Å². The number of benzene rings is 4. The molecule has 7 rings (SSSR count). The third-order valence-corrected chi connectivity index (χ3v) is 12.4. The number of aliphatic hydroxyl groups is 2. The van der Waals surface area contributed by atoms with Crippen LogP contribution in [0.15, 0.2) is 114 Å². The predicted octanol–water partition coefficient (Wildman–Crippen LogP) is 9.87. The molecule has 3 aliphatic rings. The number of hydrogen-bond donors (Lipinski definition) is 2. The Morgan fingerprint density at radius 2 is 1.70 bits per heavy atom. The van der Waals surface area contributed by atoms with E-state index >= 15 is 0 Å². The van der Waals surface area contributed by atoms with E-state index in [9.17, 15) is 19.4 Å². The van der Waals surface area contributed by atoms with E-state index in [1.807, 2.05) is 49.4 Å². The number of halogens is 1. The highest BCUT2D eigenvalue weighted by molar-refractivity contribution is 6.03. The lowest BCUT2D eigenvalue weighted by molar-refractivity contribution is -0.256. The van der Waals surface area contributed by atoms with Crippen LogP contribution in [-0.2, 0) is 27.5 Å². The van der Waals surface area contributed by atoms with Crippen molar-refractivity contribution in [2.75, 3.05) is 33.0 Å². The Morgan fingerprint density at radius 3 is 2.48 bits per heavy atom. The van der Waals surface area contributed by atoms with Crippen LogP contribution in [0.2, 0.25) is 0 Å². The van der Waals surface area contributed by atoms with Gasteiger partial charge in [0.1, 0.15) is 36.6 Å². The smallest absolute Gasteiger partial charge is 0.410 e. The van der Waals surface area contributed by atoms with Crippen molar-refractivity contribution in [3.8, 4) is 11.5 Å². The molecule has 2 N–H and O–H groups in total. The minimum atomic E-state index is -1.46. The molecule has 2 aliphatic carbocycles. The Hall–Kier alpha value is -5.23. The van der Waals surface area contributed by atoms with Crippen molar-refractivity contribution in [2.24, 2.45) is 22.9 Å². The van der Waals surface area contributed by atoms with E-state index in [-0.39, 0.29) is 69.6 Å². The lowest BCUT2D eigenvalue weighted by atomic mass is 9.55. The number of fused-ring (bicyclic) bond motifs is 3. The van der Waals surface area contributed by atoms with Crippen molar-refractivity contribution >= 4 is 22.6 Å². The first-order valence-corrected chi connectivity index (χ1v) is 21.8. The fourth-order valence-corrected chi connectivity index (χ4v) is 9.78. The number of oxime groups is 1. The zero-order chi connectivity index (χ0) is 42.8. The van der Waals surface area contributed by atoms with E-state index < -0.39 is 23.8 Å². The Kier molecular flexibility index (Phi) is 14.8. The van der Waals surface area contributed by atoms with Gasteiger partial charge in [-0.25, -0.2) is 9.18 Å². The van der Waals surface area contributed by atoms with Crippen molar-refractivity contribution in [1.29, 1.82) is 0 Å². The van der Waals surface area contributed by atoms with E-state index in [4.69, 9.17) is 28.9 Å². The number of allylic oxidation sites excluding steroid dienone is 1. The molecule has 1 fully saturated rings. The molecule has 1 saturated carbocycles. The highest BCUT2D eigenvalue weighted by atomic mass is 19.1. The Bertz CT molecular complexity index is 2190. The number of rotatable bonds is 20. The quantitative estimate of drug-likeness (QED) is 0.0514. The molecule has 0 spiro atoms. The number of unbranched alkanes of at least 4 members (excludes halogenated alkanes) is 2. The summed E-state index contributed by atoms with van der Waals surface area (Å²) in [5, 5.41) is 26.7. The molecule has 0 saturated heterocycles. The maximum atomic E-state index is 14.8. The first-order chi connectivity index (χ1) is 29.9. The molecule has 6 atom stereocenters. The highest BCUT2D eigenvalue weighted by Crippen LogP contribution is 2.62. The van der Waals surface area contributed by atoms with Crippen LogP contribution in [0.3, 0.4) is 0 Å². The van der Waals surface area contributed by atoms with Crippen molar-refractivity contribution in [1.82, 2.24) is 4.90 Å². The summed E-state index contributed by atoms with van der Waals surface area (Å²) in [7, 11) is 0. The third-order valence-electron chi connectivity index (χ3n) is 12.4. The standard InChI is InChI=1S/C50H59FN2O8/c1-4-28-59-50-46(53(49(56)57-5-2)32-36-20-15-19-34-16-7-9-21-39(34)36)31-44(52-60-6-3)41-29-35(17-11-13-26-54)40(22-12-14-27-55)47(48(41)50)42-30-38(24-25-45(42)61-50)58-33-37-18-8-10-23-43(37)51/h4,7-10,15-16,18-21,23-25,29-30,35,40,46-48,54-55H,1,5-6,11-14,17,22,26-28,31-33H2,2-3H3. The molecule has 1 aliphatic heterocycles. The van der Waals surface area contributed by atoms with Crippen LogP contribution >= 0.6 is 0 Å². The molecule has 0 radical (unpaired) electrons. The lowest BCUT2D eigenvalue weighted by Crippen LogP contribution is -2.70. The summed E-state index contributed by atoms with van der Waals surface area (Å²) in [5.41, 5.74) is 3.93. The van der Waals surface area contributed by atoms with E-state index in [0.29, 0.717) is 42.2 Å². The number of carbonyl (C=O) groups is 1. The number of hydrogen-bond acceptors (Lipinski definition) is 9. The summed E-state index contributed by atoms with van der Waals surface area (Å²) in [6.07, 6.45) is 8.26. The van der Waals surface area contributed by atoms with Gasteiger partial charge in [-0.05, 0) is 97.5 Å². The average molecular weight is 835 g/mol. The third kappa shape index (κ3) is 9.34. The summed E-state index contributed by atoms with van der Waals surface area (Å²) in [4.78, 5) is 22.2.